The van der Waals surface area contributed by atoms with Gasteiger partial charge in [-0.15, -0.1) is 0 Å². The predicted octanol–water partition coefficient (Wildman–Crippen LogP) is 3.37. The van der Waals surface area contributed by atoms with E-state index in [4.69, 9.17) is 9.47 Å². The van der Waals surface area contributed by atoms with Crippen LogP contribution in [0.1, 0.15) is 27.9 Å². The van der Waals surface area contributed by atoms with Crippen molar-refractivity contribution in [2.45, 2.75) is 12.8 Å². The molecule has 0 unspecified atom stereocenters. The summed E-state index contributed by atoms with van der Waals surface area (Å²) in [6.07, 6.45) is 3.05. The summed E-state index contributed by atoms with van der Waals surface area (Å²) < 4.78 is 10.6. The lowest BCUT2D eigenvalue weighted by molar-refractivity contribution is -0.112. The molecule has 134 valence electrons. The number of carbonyl (C=O) groups excluding carboxylic acids is 1. The number of rotatable bonds is 5. The van der Waals surface area contributed by atoms with Crippen LogP contribution in [0.4, 0.5) is 5.69 Å². The number of carboxylic acids is 1. The molecule has 0 radical (unpaired) electrons. The SMILES string of the molecule is COc1cc2c(cc1OC)CCC(C(=O)Nc1ccccc1C(=O)O)=C2. The van der Waals surface area contributed by atoms with E-state index in [9.17, 15) is 14.7 Å². The van der Waals surface area contributed by atoms with Gasteiger partial charge in [0.2, 0.25) is 0 Å². The number of aromatic carboxylic acids is 1. The summed E-state index contributed by atoms with van der Waals surface area (Å²) in [4.78, 5) is 23.9. The van der Waals surface area contributed by atoms with Gasteiger partial charge in [-0.25, -0.2) is 4.79 Å². The van der Waals surface area contributed by atoms with Crippen LogP contribution < -0.4 is 14.8 Å². The number of para-hydroxylation sites is 1. The van der Waals surface area contributed by atoms with Crippen molar-refractivity contribution >= 4 is 23.6 Å². The minimum absolute atomic E-state index is 0.0593. The number of methoxy groups -OCH3 is 2. The van der Waals surface area contributed by atoms with Crippen molar-refractivity contribution in [2.24, 2.45) is 0 Å². The van der Waals surface area contributed by atoms with E-state index in [2.05, 4.69) is 5.32 Å². The van der Waals surface area contributed by atoms with Crippen LogP contribution >= 0.6 is 0 Å². The van der Waals surface area contributed by atoms with Crippen molar-refractivity contribution in [2.75, 3.05) is 19.5 Å². The Bertz CT molecular complexity index is 901. The molecule has 0 bridgehead atoms. The van der Waals surface area contributed by atoms with E-state index in [1.807, 2.05) is 12.1 Å². The van der Waals surface area contributed by atoms with Gasteiger partial charge in [0, 0.05) is 5.57 Å². The number of amides is 1. The molecule has 1 aliphatic rings. The van der Waals surface area contributed by atoms with Crippen molar-refractivity contribution in [3.8, 4) is 11.5 Å². The molecule has 0 spiro atoms. The second kappa shape index (κ2) is 7.31. The Balaban J connectivity index is 1.88. The molecule has 1 aliphatic carbocycles. The second-order valence-electron chi connectivity index (χ2n) is 5.88. The van der Waals surface area contributed by atoms with E-state index in [0.29, 0.717) is 29.9 Å². The topological polar surface area (TPSA) is 84.9 Å². The maximum Gasteiger partial charge on any atom is 0.337 e. The molecule has 6 nitrogen and oxygen atoms in total. The third-order valence-electron chi connectivity index (χ3n) is 4.34. The number of benzene rings is 2. The Kier molecular flexibility index (Phi) is 4.93. The average Bonchev–Trinajstić information content (AvgIpc) is 2.66. The molecule has 0 heterocycles. The van der Waals surface area contributed by atoms with Gasteiger partial charge >= 0.3 is 5.97 Å². The minimum Gasteiger partial charge on any atom is -0.493 e. The van der Waals surface area contributed by atoms with Crippen molar-refractivity contribution in [1.29, 1.82) is 0 Å². The van der Waals surface area contributed by atoms with E-state index in [-0.39, 0.29) is 17.2 Å². The van der Waals surface area contributed by atoms with Gasteiger partial charge in [-0.3, -0.25) is 4.79 Å². The molecule has 1 amide bonds. The first kappa shape index (κ1) is 17.5. The van der Waals surface area contributed by atoms with Crippen LogP contribution in [0.2, 0.25) is 0 Å². The molecule has 0 aliphatic heterocycles. The lowest BCUT2D eigenvalue weighted by Gasteiger charge is -2.19. The Labute approximate surface area is 151 Å². The number of carboxylic acid groups (broad SMARTS) is 1. The highest BCUT2D eigenvalue weighted by molar-refractivity contribution is 6.09. The van der Waals surface area contributed by atoms with Gasteiger partial charge in [-0.2, -0.15) is 0 Å². The molecule has 6 heteroatoms. The van der Waals surface area contributed by atoms with Crippen LogP contribution in [0, 0.1) is 0 Å². The number of fused-ring (bicyclic) bond motifs is 1. The molecule has 3 rings (SSSR count). The van der Waals surface area contributed by atoms with Gasteiger partial charge in [0.15, 0.2) is 11.5 Å². The van der Waals surface area contributed by atoms with Crippen LogP contribution in [-0.2, 0) is 11.2 Å². The summed E-state index contributed by atoms with van der Waals surface area (Å²) in [5.74, 6) is -0.136. The first-order valence-electron chi connectivity index (χ1n) is 8.12. The Morgan fingerprint density at radius 3 is 2.42 bits per heavy atom. The zero-order valence-corrected chi connectivity index (χ0v) is 14.5. The fraction of sp³-hybridized carbons (Fsp3) is 0.200. The highest BCUT2D eigenvalue weighted by atomic mass is 16.5. The van der Waals surface area contributed by atoms with Crippen molar-refractivity contribution in [3.63, 3.8) is 0 Å². The number of aryl methyl sites for hydroxylation is 1. The maximum absolute atomic E-state index is 12.6. The molecule has 2 aromatic rings. The molecule has 0 aromatic heterocycles. The summed E-state index contributed by atoms with van der Waals surface area (Å²) in [5, 5.41) is 11.9. The van der Waals surface area contributed by atoms with Crippen LogP contribution in [0.15, 0.2) is 42.0 Å². The quantitative estimate of drug-likeness (QED) is 0.861. The number of carbonyl (C=O) groups is 2. The molecular weight excluding hydrogens is 334 g/mol. The standard InChI is InChI=1S/C20H19NO5/c1-25-17-10-12-7-8-13(9-14(12)11-18(17)26-2)19(22)21-16-6-4-3-5-15(16)20(23)24/h3-6,9-11H,7-8H2,1-2H3,(H,21,22)(H,23,24). The molecular formula is C20H19NO5. The number of hydrogen-bond donors (Lipinski definition) is 2. The number of anilines is 1. The van der Waals surface area contributed by atoms with Gasteiger partial charge in [0.25, 0.3) is 5.91 Å². The summed E-state index contributed by atoms with van der Waals surface area (Å²) in [6.45, 7) is 0. The van der Waals surface area contributed by atoms with Crippen LogP contribution in [0.25, 0.3) is 6.08 Å². The molecule has 0 fully saturated rings. The molecule has 2 aromatic carbocycles. The van der Waals surface area contributed by atoms with E-state index in [0.717, 1.165) is 11.1 Å². The highest BCUT2D eigenvalue weighted by Crippen LogP contribution is 2.35. The summed E-state index contributed by atoms with van der Waals surface area (Å²) in [5.41, 5.74) is 2.90. The first-order chi connectivity index (χ1) is 12.5. The fourth-order valence-corrected chi connectivity index (χ4v) is 2.98. The third kappa shape index (κ3) is 3.39. The zero-order valence-electron chi connectivity index (χ0n) is 14.5. The highest BCUT2D eigenvalue weighted by Gasteiger charge is 2.20. The van der Waals surface area contributed by atoms with Crippen LogP contribution in [-0.4, -0.2) is 31.2 Å². The largest absolute Gasteiger partial charge is 0.493 e. The lowest BCUT2D eigenvalue weighted by Crippen LogP contribution is -2.18. The normalized spacial score (nSPS) is 12.6. The zero-order chi connectivity index (χ0) is 18.7. The van der Waals surface area contributed by atoms with Gasteiger partial charge in [0.1, 0.15) is 0 Å². The number of hydrogen-bond acceptors (Lipinski definition) is 4. The van der Waals surface area contributed by atoms with Gasteiger partial charge in [-0.1, -0.05) is 12.1 Å². The Morgan fingerprint density at radius 2 is 1.73 bits per heavy atom. The van der Waals surface area contributed by atoms with Crippen LogP contribution in [0.3, 0.4) is 0 Å². The number of nitrogens with one attached hydrogen (secondary N) is 1. The van der Waals surface area contributed by atoms with Crippen LogP contribution in [0.5, 0.6) is 11.5 Å². The van der Waals surface area contributed by atoms with Crippen molar-refractivity contribution in [3.05, 3.63) is 58.7 Å². The molecule has 26 heavy (non-hydrogen) atoms. The van der Waals surface area contributed by atoms with Crippen molar-refractivity contribution < 1.29 is 24.2 Å². The van der Waals surface area contributed by atoms with E-state index < -0.39 is 5.97 Å². The fourth-order valence-electron chi connectivity index (χ4n) is 2.98. The summed E-state index contributed by atoms with van der Waals surface area (Å²) in [6, 6.07) is 10.1. The first-order valence-corrected chi connectivity index (χ1v) is 8.12. The lowest BCUT2D eigenvalue weighted by atomic mass is 9.91. The number of ether oxygens (including phenoxy) is 2. The summed E-state index contributed by atoms with van der Waals surface area (Å²) >= 11 is 0. The predicted molar refractivity (Wildman–Crippen MR) is 97.9 cm³/mol. The molecule has 0 atom stereocenters. The Morgan fingerprint density at radius 1 is 1.04 bits per heavy atom. The smallest absolute Gasteiger partial charge is 0.337 e. The second-order valence-corrected chi connectivity index (χ2v) is 5.88. The van der Waals surface area contributed by atoms with E-state index in [1.54, 1.807) is 38.5 Å². The van der Waals surface area contributed by atoms with Crippen molar-refractivity contribution in [1.82, 2.24) is 0 Å². The molecule has 0 saturated heterocycles. The molecule has 2 N–H and O–H groups in total. The average molecular weight is 353 g/mol. The monoisotopic (exact) mass is 353 g/mol. The Hall–Kier alpha value is -3.28. The maximum atomic E-state index is 12.6. The minimum atomic E-state index is -1.08. The van der Waals surface area contributed by atoms with Gasteiger partial charge in [-0.05, 0) is 54.3 Å². The van der Waals surface area contributed by atoms with E-state index >= 15 is 0 Å². The van der Waals surface area contributed by atoms with E-state index in [1.165, 1.54) is 6.07 Å². The summed E-state index contributed by atoms with van der Waals surface area (Å²) in [7, 11) is 3.15. The third-order valence-corrected chi connectivity index (χ3v) is 4.34. The molecule has 0 saturated carbocycles. The van der Waals surface area contributed by atoms with Gasteiger partial charge < -0.3 is 19.9 Å². The van der Waals surface area contributed by atoms with Gasteiger partial charge in [0.05, 0.1) is 25.5 Å².